The van der Waals surface area contributed by atoms with Gasteiger partial charge in [-0.1, -0.05) is 66.7 Å². The molecule has 2 aliphatic rings. The molecule has 0 atom stereocenters. The summed E-state index contributed by atoms with van der Waals surface area (Å²) in [5.74, 6) is 0.0859. The van der Waals surface area contributed by atoms with Crippen molar-refractivity contribution in [2.75, 3.05) is 45.8 Å². The molecule has 2 heterocycles. The van der Waals surface area contributed by atoms with Crippen LogP contribution in [0.25, 0.3) is 5.57 Å². The number of piperazine rings is 1. The zero-order chi connectivity index (χ0) is 21.7. The minimum Gasteiger partial charge on any atom is -0.339 e. The normalized spacial score (nSPS) is 18.6. The van der Waals surface area contributed by atoms with Crippen molar-refractivity contribution in [1.82, 2.24) is 14.1 Å². The van der Waals surface area contributed by atoms with Crippen molar-refractivity contribution in [3.05, 3.63) is 77.9 Å². The van der Waals surface area contributed by atoms with Crippen LogP contribution < -0.4 is 0 Å². The quantitative estimate of drug-likeness (QED) is 0.694. The van der Waals surface area contributed by atoms with Gasteiger partial charge in [-0.2, -0.15) is 4.31 Å². The van der Waals surface area contributed by atoms with Gasteiger partial charge in [0.25, 0.3) is 0 Å². The second-order valence-electron chi connectivity index (χ2n) is 8.10. The Hall–Kier alpha value is -2.48. The highest BCUT2D eigenvalue weighted by Crippen LogP contribution is 2.22. The Kier molecular flexibility index (Phi) is 6.85. The Morgan fingerprint density at radius 2 is 1.48 bits per heavy atom. The molecule has 0 spiro atoms. The summed E-state index contributed by atoms with van der Waals surface area (Å²) >= 11 is 0. The van der Waals surface area contributed by atoms with Gasteiger partial charge in [0.1, 0.15) is 0 Å². The van der Waals surface area contributed by atoms with Gasteiger partial charge >= 0.3 is 0 Å². The number of carbonyl (C=O) groups is 1. The first-order valence-corrected chi connectivity index (χ1v) is 12.4. The smallest absolute Gasteiger partial charge is 0.236 e. The van der Waals surface area contributed by atoms with E-state index < -0.39 is 10.0 Å². The van der Waals surface area contributed by atoms with E-state index in [0.717, 1.165) is 25.1 Å². The molecule has 0 aromatic heterocycles. The Balaban J connectivity index is 1.26. The van der Waals surface area contributed by atoms with E-state index in [9.17, 15) is 13.2 Å². The first-order valence-electron chi connectivity index (χ1n) is 10.8. The SMILES string of the molecule is O=C(CN1CC=C(c2ccccc2)CC1)N1CCN(S(=O)(=O)Cc2ccccc2)CC1. The van der Waals surface area contributed by atoms with Crippen molar-refractivity contribution >= 4 is 21.5 Å². The number of rotatable bonds is 6. The van der Waals surface area contributed by atoms with E-state index in [0.29, 0.717) is 32.7 Å². The van der Waals surface area contributed by atoms with E-state index in [2.05, 4.69) is 23.1 Å². The van der Waals surface area contributed by atoms with Gasteiger partial charge in [0.05, 0.1) is 12.3 Å². The highest BCUT2D eigenvalue weighted by atomic mass is 32.2. The maximum atomic E-state index is 12.8. The molecule has 0 bridgehead atoms. The number of benzene rings is 2. The molecule has 164 valence electrons. The lowest BCUT2D eigenvalue weighted by Gasteiger charge is -2.35. The van der Waals surface area contributed by atoms with Crippen LogP contribution in [-0.2, 0) is 20.6 Å². The molecule has 1 fully saturated rings. The molecular weight excluding hydrogens is 410 g/mol. The molecule has 2 aromatic rings. The second kappa shape index (κ2) is 9.77. The molecule has 2 aliphatic heterocycles. The maximum Gasteiger partial charge on any atom is 0.236 e. The van der Waals surface area contributed by atoms with E-state index in [1.807, 2.05) is 48.5 Å². The first-order chi connectivity index (χ1) is 15.0. The second-order valence-corrected chi connectivity index (χ2v) is 10.1. The third-order valence-corrected chi connectivity index (χ3v) is 7.82. The van der Waals surface area contributed by atoms with Crippen LogP contribution in [0.2, 0.25) is 0 Å². The standard InChI is InChI=1S/C24H29N3O3S/c28-24(19-25-13-11-23(12-14-25)22-9-5-2-6-10-22)26-15-17-27(18-16-26)31(29,30)20-21-7-3-1-4-8-21/h1-11H,12-20H2. The van der Waals surface area contributed by atoms with Crippen molar-refractivity contribution in [2.24, 2.45) is 0 Å². The fourth-order valence-corrected chi connectivity index (χ4v) is 5.67. The van der Waals surface area contributed by atoms with Gasteiger partial charge in [0.2, 0.25) is 15.9 Å². The molecule has 31 heavy (non-hydrogen) atoms. The summed E-state index contributed by atoms with van der Waals surface area (Å²) in [7, 11) is -3.37. The van der Waals surface area contributed by atoms with Gasteiger partial charge in [-0.15, -0.1) is 0 Å². The van der Waals surface area contributed by atoms with Crippen molar-refractivity contribution in [3.8, 4) is 0 Å². The first kappa shape index (κ1) is 21.7. The van der Waals surface area contributed by atoms with E-state index in [1.165, 1.54) is 15.4 Å². The summed E-state index contributed by atoms with van der Waals surface area (Å²) in [6.45, 7) is 3.63. The number of nitrogens with zero attached hydrogens (tertiary/aromatic N) is 3. The molecular formula is C24H29N3O3S. The molecule has 6 nitrogen and oxygen atoms in total. The minimum atomic E-state index is -3.37. The molecule has 0 unspecified atom stereocenters. The lowest BCUT2D eigenvalue weighted by Crippen LogP contribution is -2.53. The number of amides is 1. The van der Waals surface area contributed by atoms with Gasteiger partial charge in [-0.05, 0) is 23.1 Å². The van der Waals surface area contributed by atoms with Crippen LogP contribution in [0.3, 0.4) is 0 Å². The van der Waals surface area contributed by atoms with E-state index >= 15 is 0 Å². The van der Waals surface area contributed by atoms with Crippen molar-refractivity contribution in [1.29, 1.82) is 0 Å². The average Bonchev–Trinajstić information content (AvgIpc) is 2.80. The molecule has 0 aliphatic carbocycles. The van der Waals surface area contributed by atoms with Gasteiger partial charge in [0.15, 0.2) is 0 Å². The Morgan fingerprint density at radius 3 is 2.10 bits per heavy atom. The molecule has 0 N–H and O–H groups in total. The summed E-state index contributed by atoms with van der Waals surface area (Å²) in [5.41, 5.74) is 3.37. The lowest BCUT2D eigenvalue weighted by atomic mass is 9.99. The van der Waals surface area contributed by atoms with Crippen LogP contribution in [0.5, 0.6) is 0 Å². The number of carbonyl (C=O) groups excluding carboxylic acids is 1. The largest absolute Gasteiger partial charge is 0.339 e. The van der Waals surface area contributed by atoms with Crippen LogP contribution in [0.1, 0.15) is 17.5 Å². The molecule has 1 saturated heterocycles. The fraction of sp³-hybridized carbons (Fsp3) is 0.375. The van der Waals surface area contributed by atoms with Crippen LogP contribution in [0.4, 0.5) is 0 Å². The predicted molar refractivity (Wildman–Crippen MR) is 123 cm³/mol. The molecule has 0 radical (unpaired) electrons. The average molecular weight is 440 g/mol. The number of hydrogen-bond acceptors (Lipinski definition) is 4. The highest BCUT2D eigenvalue weighted by molar-refractivity contribution is 7.88. The van der Waals surface area contributed by atoms with E-state index in [1.54, 1.807) is 4.90 Å². The van der Waals surface area contributed by atoms with Crippen LogP contribution in [-0.4, -0.2) is 74.2 Å². The van der Waals surface area contributed by atoms with Crippen molar-refractivity contribution in [3.63, 3.8) is 0 Å². The summed E-state index contributed by atoms with van der Waals surface area (Å²) in [4.78, 5) is 16.7. The maximum absolute atomic E-state index is 12.8. The summed E-state index contributed by atoms with van der Waals surface area (Å²) in [5, 5.41) is 0. The van der Waals surface area contributed by atoms with Gasteiger partial charge < -0.3 is 4.90 Å². The molecule has 0 saturated carbocycles. The van der Waals surface area contributed by atoms with Gasteiger partial charge in [-0.25, -0.2) is 8.42 Å². The molecule has 2 aromatic carbocycles. The third kappa shape index (κ3) is 5.61. The van der Waals surface area contributed by atoms with E-state index in [-0.39, 0.29) is 11.7 Å². The van der Waals surface area contributed by atoms with Crippen LogP contribution in [0, 0.1) is 0 Å². The third-order valence-electron chi connectivity index (χ3n) is 5.97. The van der Waals surface area contributed by atoms with Crippen molar-refractivity contribution in [2.45, 2.75) is 12.2 Å². The summed E-state index contributed by atoms with van der Waals surface area (Å²) < 4.78 is 26.9. The fourth-order valence-electron chi connectivity index (χ4n) is 4.15. The Morgan fingerprint density at radius 1 is 0.839 bits per heavy atom. The zero-order valence-corrected chi connectivity index (χ0v) is 18.5. The van der Waals surface area contributed by atoms with Crippen LogP contribution in [0.15, 0.2) is 66.7 Å². The number of sulfonamides is 1. The molecule has 4 rings (SSSR count). The monoisotopic (exact) mass is 439 g/mol. The van der Waals surface area contributed by atoms with Crippen LogP contribution >= 0.6 is 0 Å². The summed E-state index contributed by atoms with van der Waals surface area (Å²) in [6.07, 6.45) is 3.14. The zero-order valence-electron chi connectivity index (χ0n) is 17.7. The van der Waals surface area contributed by atoms with Gasteiger partial charge in [0, 0.05) is 39.3 Å². The lowest BCUT2D eigenvalue weighted by molar-refractivity contribution is -0.133. The molecule has 1 amide bonds. The summed E-state index contributed by atoms with van der Waals surface area (Å²) in [6, 6.07) is 19.6. The highest BCUT2D eigenvalue weighted by Gasteiger charge is 2.29. The number of hydrogen-bond donors (Lipinski definition) is 0. The Labute approximate surface area is 184 Å². The molecule has 7 heteroatoms. The topological polar surface area (TPSA) is 60.9 Å². The van der Waals surface area contributed by atoms with Crippen molar-refractivity contribution < 1.29 is 13.2 Å². The van der Waals surface area contributed by atoms with Gasteiger partial charge in [-0.3, -0.25) is 9.69 Å². The minimum absolute atomic E-state index is 0.00560. The predicted octanol–water partition coefficient (Wildman–Crippen LogP) is 2.45. The van der Waals surface area contributed by atoms with E-state index in [4.69, 9.17) is 0 Å². The Bertz CT molecular complexity index is 1010.